The van der Waals surface area contributed by atoms with Crippen molar-refractivity contribution in [3.63, 3.8) is 0 Å². The van der Waals surface area contributed by atoms with Crippen LogP contribution in [-0.2, 0) is 0 Å². The average molecular weight is 274 g/mol. The Hall–Kier alpha value is -1.68. The molecular weight excluding hydrogens is 256 g/mol. The van der Waals surface area contributed by atoms with Crippen molar-refractivity contribution in [1.29, 1.82) is 0 Å². The maximum absolute atomic E-state index is 11.5. The van der Waals surface area contributed by atoms with E-state index in [2.05, 4.69) is 35.9 Å². The summed E-state index contributed by atoms with van der Waals surface area (Å²) in [6.07, 6.45) is 0. The van der Waals surface area contributed by atoms with Gasteiger partial charge in [0.15, 0.2) is 10.9 Å². The van der Waals surface area contributed by atoms with Crippen molar-refractivity contribution in [1.82, 2.24) is 4.98 Å². The van der Waals surface area contributed by atoms with Crippen molar-refractivity contribution in [2.24, 2.45) is 0 Å². The van der Waals surface area contributed by atoms with Crippen LogP contribution in [0, 0.1) is 13.8 Å². The Morgan fingerprint density at radius 2 is 2.00 bits per heavy atom. The van der Waals surface area contributed by atoms with E-state index in [0.717, 1.165) is 27.9 Å². The predicted octanol–water partition coefficient (Wildman–Crippen LogP) is 4.12. The first-order chi connectivity index (χ1) is 9.04. The minimum atomic E-state index is 0.0853. The van der Waals surface area contributed by atoms with E-state index in [0.29, 0.717) is 0 Å². The number of thiazole rings is 1. The monoisotopic (exact) mass is 274 g/mol. The Bertz CT molecular complexity index is 604. The normalized spacial score (nSPS) is 10.5. The van der Waals surface area contributed by atoms with E-state index in [1.165, 1.54) is 16.9 Å². The molecule has 4 heteroatoms. The number of rotatable bonds is 4. The molecule has 1 aromatic heterocycles. The third kappa shape index (κ3) is 2.68. The zero-order chi connectivity index (χ0) is 14.0. The van der Waals surface area contributed by atoms with Gasteiger partial charge in [0.1, 0.15) is 0 Å². The van der Waals surface area contributed by atoms with Crippen molar-refractivity contribution >= 4 is 27.9 Å². The fourth-order valence-electron chi connectivity index (χ4n) is 2.10. The van der Waals surface area contributed by atoms with Gasteiger partial charge in [-0.1, -0.05) is 29.5 Å². The lowest BCUT2D eigenvalue weighted by Crippen LogP contribution is -2.16. The zero-order valence-corrected chi connectivity index (χ0v) is 12.5. The number of hydrogen-bond acceptors (Lipinski definition) is 4. The molecule has 0 saturated carbocycles. The van der Waals surface area contributed by atoms with Gasteiger partial charge in [0.2, 0.25) is 0 Å². The molecule has 0 aliphatic heterocycles. The van der Waals surface area contributed by atoms with Crippen molar-refractivity contribution in [3.05, 3.63) is 40.4 Å². The van der Waals surface area contributed by atoms with Crippen LogP contribution >= 0.6 is 11.3 Å². The predicted molar refractivity (Wildman–Crippen MR) is 80.7 cm³/mol. The number of carbonyl (C=O) groups is 1. The molecule has 0 saturated heterocycles. The van der Waals surface area contributed by atoms with E-state index >= 15 is 0 Å². The van der Waals surface area contributed by atoms with E-state index in [9.17, 15) is 4.79 Å². The van der Waals surface area contributed by atoms with Gasteiger partial charge in [0.05, 0.1) is 10.6 Å². The number of Topliss-reactive ketones (excluding diaryl/α,β-unsaturated/α-hetero) is 1. The summed E-state index contributed by atoms with van der Waals surface area (Å²) in [7, 11) is 0. The number of anilines is 2. The molecule has 0 bridgehead atoms. The maximum atomic E-state index is 11.5. The van der Waals surface area contributed by atoms with Gasteiger partial charge in [0.25, 0.3) is 0 Å². The number of aryl methyl sites for hydroxylation is 2. The third-order valence-corrected chi connectivity index (χ3v) is 4.34. The quantitative estimate of drug-likeness (QED) is 0.786. The molecule has 0 aliphatic carbocycles. The molecule has 19 heavy (non-hydrogen) atoms. The second-order valence-electron chi connectivity index (χ2n) is 4.50. The SMILES string of the molecule is CCN(c1nc(C)c(C(C)=O)s1)c1ccccc1C. The standard InChI is InChI=1S/C15H18N2OS/c1-5-17(13-9-7-6-8-10(13)2)15-16-11(3)14(19-15)12(4)18/h6-9H,5H2,1-4H3. The second-order valence-corrected chi connectivity index (χ2v) is 5.48. The zero-order valence-electron chi connectivity index (χ0n) is 11.7. The molecule has 100 valence electrons. The van der Waals surface area contributed by atoms with Crippen LogP contribution < -0.4 is 4.90 Å². The van der Waals surface area contributed by atoms with Crippen LogP contribution in [0.25, 0.3) is 0 Å². The van der Waals surface area contributed by atoms with Gasteiger partial charge in [-0.25, -0.2) is 4.98 Å². The Morgan fingerprint density at radius 1 is 1.32 bits per heavy atom. The smallest absolute Gasteiger partial charge is 0.190 e. The molecule has 0 atom stereocenters. The highest BCUT2D eigenvalue weighted by atomic mass is 32.1. The molecule has 0 aliphatic rings. The molecule has 2 aromatic rings. The summed E-state index contributed by atoms with van der Waals surface area (Å²) in [4.78, 5) is 19.0. The summed E-state index contributed by atoms with van der Waals surface area (Å²) >= 11 is 1.47. The molecule has 0 unspecified atom stereocenters. The largest absolute Gasteiger partial charge is 0.318 e. The van der Waals surface area contributed by atoms with Gasteiger partial charge < -0.3 is 4.90 Å². The van der Waals surface area contributed by atoms with Crippen LogP contribution in [0.5, 0.6) is 0 Å². The molecule has 0 radical (unpaired) electrons. The number of para-hydroxylation sites is 1. The Labute approximate surface area is 117 Å². The van der Waals surface area contributed by atoms with Gasteiger partial charge in [0, 0.05) is 19.2 Å². The first-order valence-corrected chi connectivity index (χ1v) is 7.17. The van der Waals surface area contributed by atoms with Gasteiger partial charge in [-0.2, -0.15) is 0 Å². The Morgan fingerprint density at radius 3 is 2.53 bits per heavy atom. The molecule has 0 amide bonds. The Balaban J connectivity index is 2.46. The lowest BCUT2D eigenvalue weighted by molar-refractivity contribution is 0.102. The molecule has 0 spiro atoms. The number of benzene rings is 1. The fraction of sp³-hybridized carbons (Fsp3) is 0.333. The van der Waals surface area contributed by atoms with E-state index in [1.54, 1.807) is 6.92 Å². The lowest BCUT2D eigenvalue weighted by Gasteiger charge is -2.21. The first kappa shape index (κ1) is 13.7. The highest BCUT2D eigenvalue weighted by molar-refractivity contribution is 7.17. The van der Waals surface area contributed by atoms with Crippen molar-refractivity contribution in [2.45, 2.75) is 27.7 Å². The fourth-order valence-corrected chi connectivity index (χ4v) is 3.14. The van der Waals surface area contributed by atoms with Gasteiger partial charge in [-0.3, -0.25) is 4.79 Å². The molecular formula is C15H18N2OS. The minimum absolute atomic E-state index is 0.0853. The lowest BCUT2D eigenvalue weighted by atomic mass is 10.2. The highest BCUT2D eigenvalue weighted by Crippen LogP contribution is 2.33. The van der Waals surface area contributed by atoms with Crippen LogP contribution in [0.3, 0.4) is 0 Å². The van der Waals surface area contributed by atoms with Crippen LogP contribution in [0.2, 0.25) is 0 Å². The molecule has 1 aromatic carbocycles. The number of carbonyl (C=O) groups excluding carboxylic acids is 1. The van der Waals surface area contributed by atoms with Gasteiger partial charge in [-0.15, -0.1) is 0 Å². The van der Waals surface area contributed by atoms with E-state index in [-0.39, 0.29) is 5.78 Å². The minimum Gasteiger partial charge on any atom is -0.318 e. The average Bonchev–Trinajstić information content (AvgIpc) is 2.75. The second kappa shape index (κ2) is 5.53. The summed E-state index contributed by atoms with van der Waals surface area (Å²) in [6.45, 7) is 8.49. The van der Waals surface area contributed by atoms with Crippen molar-refractivity contribution in [3.8, 4) is 0 Å². The van der Waals surface area contributed by atoms with E-state index < -0.39 is 0 Å². The highest BCUT2D eigenvalue weighted by Gasteiger charge is 2.17. The summed E-state index contributed by atoms with van der Waals surface area (Å²) in [5, 5.41) is 0.888. The molecule has 2 rings (SSSR count). The van der Waals surface area contributed by atoms with Crippen LogP contribution in [0.4, 0.5) is 10.8 Å². The van der Waals surface area contributed by atoms with Crippen molar-refractivity contribution in [2.75, 3.05) is 11.4 Å². The summed E-state index contributed by atoms with van der Waals surface area (Å²) in [5.74, 6) is 0.0853. The molecule has 0 N–H and O–H groups in total. The number of nitrogens with zero attached hydrogens (tertiary/aromatic N) is 2. The van der Waals surface area contributed by atoms with Crippen LogP contribution in [0.15, 0.2) is 24.3 Å². The van der Waals surface area contributed by atoms with Gasteiger partial charge in [-0.05, 0) is 32.4 Å². The van der Waals surface area contributed by atoms with E-state index in [1.807, 2.05) is 19.1 Å². The van der Waals surface area contributed by atoms with Gasteiger partial charge >= 0.3 is 0 Å². The van der Waals surface area contributed by atoms with E-state index in [4.69, 9.17) is 0 Å². The maximum Gasteiger partial charge on any atom is 0.190 e. The molecule has 0 fully saturated rings. The van der Waals surface area contributed by atoms with Crippen LogP contribution in [-0.4, -0.2) is 17.3 Å². The van der Waals surface area contributed by atoms with Crippen molar-refractivity contribution < 1.29 is 4.79 Å². The number of ketones is 1. The first-order valence-electron chi connectivity index (χ1n) is 6.36. The number of hydrogen-bond donors (Lipinski definition) is 0. The topological polar surface area (TPSA) is 33.2 Å². The molecule has 3 nitrogen and oxygen atoms in total. The summed E-state index contributed by atoms with van der Waals surface area (Å²) in [6, 6.07) is 8.23. The third-order valence-electron chi connectivity index (χ3n) is 3.06. The number of aromatic nitrogens is 1. The van der Waals surface area contributed by atoms with Crippen LogP contribution in [0.1, 0.15) is 34.8 Å². The summed E-state index contributed by atoms with van der Waals surface area (Å²) in [5.41, 5.74) is 3.18. The molecule has 1 heterocycles. The Kier molecular flexibility index (Phi) is 4.00. The summed E-state index contributed by atoms with van der Waals surface area (Å²) < 4.78 is 0.